The standard InChI is InChI=1S/C9H9N3O/c1-6-4-2-3-5-7(6)8-9(10)12-13-11-8/h2-5H,1H3,(H2,10,12). The topological polar surface area (TPSA) is 64.9 Å². The minimum absolute atomic E-state index is 0.328. The van der Waals surface area contributed by atoms with Gasteiger partial charge in [0, 0.05) is 5.56 Å². The van der Waals surface area contributed by atoms with E-state index in [2.05, 4.69) is 14.9 Å². The van der Waals surface area contributed by atoms with Crippen LogP contribution in [0.1, 0.15) is 5.56 Å². The molecule has 1 aromatic carbocycles. The van der Waals surface area contributed by atoms with E-state index in [0.717, 1.165) is 11.1 Å². The van der Waals surface area contributed by atoms with Gasteiger partial charge in [0.1, 0.15) is 0 Å². The molecule has 2 rings (SSSR count). The molecule has 4 nitrogen and oxygen atoms in total. The van der Waals surface area contributed by atoms with Gasteiger partial charge < -0.3 is 5.73 Å². The molecule has 0 radical (unpaired) electrons. The van der Waals surface area contributed by atoms with E-state index in [1.54, 1.807) is 0 Å². The second-order valence-electron chi connectivity index (χ2n) is 2.81. The van der Waals surface area contributed by atoms with Crippen molar-refractivity contribution in [2.75, 3.05) is 5.73 Å². The first kappa shape index (κ1) is 7.79. The van der Waals surface area contributed by atoms with E-state index in [4.69, 9.17) is 5.73 Å². The number of hydrogen-bond acceptors (Lipinski definition) is 4. The molecule has 0 atom stereocenters. The number of nitrogens with two attached hydrogens (primary N) is 1. The Hall–Kier alpha value is -1.84. The summed E-state index contributed by atoms with van der Waals surface area (Å²) in [6.45, 7) is 1.99. The number of hydrogen-bond donors (Lipinski definition) is 1. The molecule has 0 amide bonds. The Kier molecular flexibility index (Phi) is 1.73. The monoisotopic (exact) mass is 175 g/mol. The molecule has 4 heteroatoms. The van der Waals surface area contributed by atoms with Gasteiger partial charge in [0.15, 0.2) is 11.5 Å². The van der Waals surface area contributed by atoms with E-state index in [-0.39, 0.29) is 0 Å². The van der Waals surface area contributed by atoms with E-state index in [9.17, 15) is 0 Å². The lowest BCUT2D eigenvalue weighted by Crippen LogP contribution is -1.90. The molecule has 0 spiro atoms. The number of aryl methyl sites for hydroxylation is 1. The van der Waals surface area contributed by atoms with Crippen LogP contribution in [0.15, 0.2) is 28.9 Å². The molecule has 2 N–H and O–H groups in total. The van der Waals surface area contributed by atoms with Crippen molar-refractivity contribution in [3.05, 3.63) is 29.8 Å². The maximum absolute atomic E-state index is 5.57. The van der Waals surface area contributed by atoms with Crippen molar-refractivity contribution in [3.8, 4) is 11.3 Å². The molecular weight excluding hydrogens is 166 g/mol. The zero-order valence-corrected chi connectivity index (χ0v) is 7.19. The first-order chi connectivity index (χ1) is 6.29. The zero-order chi connectivity index (χ0) is 9.26. The van der Waals surface area contributed by atoms with Gasteiger partial charge in [-0.2, -0.15) is 0 Å². The summed E-state index contributed by atoms with van der Waals surface area (Å²) in [6, 6.07) is 7.81. The number of nitrogens with zero attached hydrogens (tertiary/aromatic N) is 2. The second kappa shape index (κ2) is 2.90. The van der Waals surface area contributed by atoms with Gasteiger partial charge in [-0.1, -0.05) is 24.3 Å². The molecule has 0 aliphatic rings. The van der Waals surface area contributed by atoms with Crippen LogP contribution in [0, 0.1) is 6.92 Å². The van der Waals surface area contributed by atoms with Crippen LogP contribution in [0.25, 0.3) is 11.3 Å². The van der Waals surface area contributed by atoms with E-state index < -0.39 is 0 Å². The van der Waals surface area contributed by atoms with E-state index in [1.807, 2.05) is 31.2 Å². The van der Waals surface area contributed by atoms with Gasteiger partial charge in [-0.05, 0) is 22.8 Å². The van der Waals surface area contributed by atoms with E-state index >= 15 is 0 Å². The summed E-state index contributed by atoms with van der Waals surface area (Å²) in [5.41, 5.74) is 8.24. The summed E-state index contributed by atoms with van der Waals surface area (Å²) in [4.78, 5) is 0. The maximum atomic E-state index is 5.57. The van der Waals surface area contributed by atoms with Crippen molar-refractivity contribution in [2.45, 2.75) is 6.92 Å². The quantitative estimate of drug-likeness (QED) is 0.715. The highest BCUT2D eigenvalue weighted by molar-refractivity contribution is 5.71. The number of anilines is 1. The normalized spacial score (nSPS) is 10.2. The summed E-state index contributed by atoms with van der Waals surface area (Å²) >= 11 is 0. The summed E-state index contributed by atoms with van der Waals surface area (Å²) < 4.78 is 4.53. The molecule has 0 saturated heterocycles. The Balaban J connectivity index is 2.59. The molecule has 0 saturated carbocycles. The van der Waals surface area contributed by atoms with Crippen molar-refractivity contribution in [1.29, 1.82) is 0 Å². The molecular formula is C9H9N3O. The molecule has 0 fully saturated rings. The maximum Gasteiger partial charge on any atom is 0.196 e. The molecule has 0 bridgehead atoms. The van der Waals surface area contributed by atoms with Gasteiger partial charge in [0.05, 0.1) is 0 Å². The third-order valence-corrected chi connectivity index (χ3v) is 1.91. The summed E-state index contributed by atoms with van der Waals surface area (Å²) in [5, 5.41) is 7.26. The molecule has 0 aliphatic carbocycles. The molecule has 1 heterocycles. The average molecular weight is 175 g/mol. The third-order valence-electron chi connectivity index (χ3n) is 1.91. The predicted molar refractivity (Wildman–Crippen MR) is 48.9 cm³/mol. The van der Waals surface area contributed by atoms with Crippen molar-refractivity contribution >= 4 is 5.82 Å². The van der Waals surface area contributed by atoms with Crippen molar-refractivity contribution < 1.29 is 4.63 Å². The second-order valence-corrected chi connectivity index (χ2v) is 2.81. The lowest BCUT2D eigenvalue weighted by Gasteiger charge is -1.99. The first-order valence-corrected chi connectivity index (χ1v) is 3.93. The fourth-order valence-corrected chi connectivity index (χ4v) is 1.22. The van der Waals surface area contributed by atoms with Crippen LogP contribution in [0.2, 0.25) is 0 Å². The average Bonchev–Trinajstić information content (AvgIpc) is 2.52. The Labute approximate surface area is 75.3 Å². The van der Waals surface area contributed by atoms with Gasteiger partial charge >= 0.3 is 0 Å². The molecule has 1 aromatic heterocycles. The number of aromatic nitrogens is 2. The number of nitrogen functional groups attached to an aromatic ring is 1. The van der Waals surface area contributed by atoms with Gasteiger partial charge in [0.2, 0.25) is 0 Å². The predicted octanol–water partition coefficient (Wildman–Crippen LogP) is 1.63. The largest absolute Gasteiger partial charge is 0.379 e. The first-order valence-electron chi connectivity index (χ1n) is 3.93. The lowest BCUT2D eigenvalue weighted by atomic mass is 10.1. The number of benzene rings is 1. The highest BCUT2D eigenvalue weighted by Gasteiger charge is 2.10. The molecule has 66 valence electrons. The van der Waals surface area contributed by atoms with Crippen LogP contribution in [-0.4, -0.2) is 10.3 Å². The van der Waals surface area contributed by atoms with Crippen LogP contribution in [0.5, 0.6) is 0 Å². The fraction of sp³-hybridized carbons (Fsp3) is 0.111. The Morgan fingerprint density at radius 3 is 2.62 bits per heavy atom. The van der Waals surface area contributed by atoms with Gasteiger partial charge in [-0.25, -0.2) is 4.63 Å². The van der Waals surface area contributed by atoms with Crippen molar-refractivity contribution in [1.82, 2.24) is 10.3 Å². The smallest absolute Gasteiger partial charge is 0.196 e. The lowest BCUT2D eigenvalue weighted by molar-refractivity contribution is 0.310. The summed E-state index contributed by atoms with van der Waals surface area (Å²) in [6.07, 6.45) is 0. The van der Waals surface area contributed by atoms with Crippen molar-refractivity contribution in [2.24, 2.45) is 0 Å². The molecule has 2 aromatic rings. The van der Waals surface area contributed by atoms with Gasteiger partial charge in [-0.15, -0.1) is 0 Å². The minimum atomic E-state index is 0.328. The van der Waals surface area contributed by atoms with Gasteiger partial charge in [0.25, 0.3) is 0 Å². The SMILES string of the molecule is Cc1ccccc1-c1nonc1N. The van der Waals surface area contributed by atoms with Crippen LogP contribution in [0.3, 0.4) is 0 Å². The zero-order valence-electron chi connectivity index (χ0n) is 7.19. The third kappa shape index (κ3) is 1.26. The Morgan fingerprint density at radius 2 is 2.00 bits per heavy atom. The van der Waals surface area contributed by atoms with Gasteiger partial charge in [-0.3, -0.25) is 0 Å². The summed E-state index contributed by atoms with van der Waals surface area (Å²) in [7, 11) is 0. The van der Waals surface area contributed by atoms with E-state index in [1.165, 1.54) is 0 Å². The molecule has 13 heavy (non-hydrogen) atoms. The Bertz CT molecular complexity index is 422. The highest BCUT2D eigenvalue weighted by atomic mass is 16.6. The van der Waals surface area contributed by atoms with Crippen LogP contribution in [0.4, 0.5) is 5.82 Å². The van der Waals surface area contributed by atoms with Crippen LogP contribution in [-0.2, 0) is 0 Å². The van der Waals surface area contributed by atoms with Crippen LogP contribution < -0.4 is 5.73 Å². The Morgan fingerprint density at radius 1 is 1.23 bits per heavy atom. The number of rotatable bonds is 1. The molecule has 0 aliphatic heterocycles. The molecule has 0 unspecified atom stereocenters. The van der Waals surface area contributed by atoms with Crippen molar-refractivity contribution in [3.63, 3.8) is 0 Å². The highest BCUT2D eigenvalue weighted by Crippen LogP contribution is 2.24. The van der Waals surface area contributed by atoms with Crippen LogP contribution >= 0.6 is 0 Å². The fourth-order valence-electron chi connectivity index (χ4n) is 1.22. The van der Waals surface area contributed by atoms with E-state index in [0.29, 0.717) is 11.5 Å². The minimum Gasteiger partial charge on any atom is -0.379 e. The summed E-state index contributed by atoms with van der Waals surface area (Å²) in [5.74, 6) is 0.328.